The molecule has 0 aliphatic carbocycles. The van der Waals surface area contributed by atoms with Crippen LogP contribution in [0.2, 0.25) is 5.02 Å². The number of benzene rings is 1. The van der Waals surface area contributed by atoms with Crippen LogP contribution in [0.25, 0.3) is 5.69 Å². The summed E-state index contributed by atoms with van der Waals surface area (Å²) in [4.78, 5) is 10.9. The van der Waals surface area contributed by atoms with E-state index in [1.807, 2.05) is 6.92 Å². The average Bonchev–Trinajstić information content (AvgIpc) is 2.76. The Morgan fingerprint density at radius 1 is 1.47 bits per heavy atom. The number of aryl methyl sites for hydroxylation is 1. The summed E-state index contributed by atoms with van der Waals surface area (Å²) < 4.78 is 1.47. The van der Waals surface area contributed by atoms with E-state index < -0.39 is 5.97 Å². The molecule has 17 heavy (non-hydrogen) atoms. The molecule has 1 heterocycles. The van der Waals surface area contributed by atoms with Gasteiger partial charge in [-0.05, 0) is 28.6 Å². The monoisotopic (exact) mass is 252 g/mol. The summed E-state index contributed by atoms with van der Waals surface area (Å²) in [6.07, 6.45) is 0.641. The second-order valence-electron chi connectivity index (χ2n) is 3.36. The lowest BCUT2D eigenvalue weighted by Gasteiger charge is -2.05. The van der Waals surface area contributed by atoms with Crippen molar-refractivity contribution in [1.82, 2.24) is 20.2 Å². The van der Waals surface area contributed by atoms with Crippen molar-refractivity contribution in [3.05, 3.63) is 34.6 Å². The SMILES string of the molecule is CCc1nnnn1-c1cc(Cl)cc(C(=O)O)c1. The van der Waals surface area contributed by atoms with Gasteiger partial charge in [-0.1, -0.05) is 18.5 Å². The van der Waals surface area contributed by atoms with Crippen LogP contribution in [0.1, 0.15) is 23.1 Å². The molecule has 0 spiro atoms. The van der Waals surface area contributed by atoms with Crippen LogP contribution in [0.15, 0.2) is 18.2 Å². The van der Waals surface area contributed by atoms with Gasteiger partial charge in [0, 0.05) is 11.4 Å². The highest BCUT2D eigenvalue weighted by molar-refractivity contribution is 6.31. The number of aromatic nitrogens is 4. The van der Waals surface area contributed by atoms with Crippen LogP contribution in [0.5, 0.6) is 0 Å². The number of carboxylic acids is 1. The van der Waals surface area contributed by atoms with Gasteiger partial charge in [-0.15, -0.1) is 5.10 Å². The first-order valence-corrected chi connectivity index (χ1v) is 5.31. The second kappa shape index (κ2) is 4.50. The van der Waals surface area contributed by atoms with Gasteiger partial charge in [0.25, 0.3) is 0 Å². The van der Waals surface area contributed by atoms with Gasteiger partial charge < -0.3 is 5.11 Å². The molecule has 0 bridgehead atoms. The molecule has 0 amide bonds. The molecular formula is C10H9ClN4O2. The lowest BCUT2D eigenvalue weighted by Crippen LogP contribution is -2.05. The summed E-state index contributed by atoms with van der Waals surface area (Å²) in [6, 6.07) is 4.47. The normalized spacial score (nSPS) is 10.5. The highest BCUT2D eigenvalue weighted by atomic mass is 35.5. The molecule has 2 aromatic rings. The standard InChI is InChI=1S/C10H9ClN4O2/c1-2-9-12-13-14-15(9)8-4-6(10(16)17)3-7(11)5-8/h3-5H,2H2,1H3,(H,16,17). The lowest BCUT2D eigenvalue weighted by molar-refractivity contribution is 0.0697. The minimum absolute atomic E-state index is 0.102. The van der Waals surface area contributed by atoms with Crippen LogP contribution in [0.4, 0.5) is 0 Å². The number of tetrazole rings is 1. The number of nitrogens with zero attached hydrogens (tertiary/aromatic N) is 4. The van der Waals surface area contributed by atoms with Crippen molar-refractivity contribution in [2.24, 2.45) is 0 Å². The van der Waals surface area contributed by atoms with Gasteiger partial charge >= 0.3 is 5.97 Å². The largest absolute Gasteiger partial charge is 0.478 e. The van der Waals surface area contributed by atoms with Gasteiger partial charge in [-0.25, -0.2) is 4.79 Å². The van der Waals surface area contributed by atoms with E-state index in [9.17, 15) is 4.79 Å². The molecule has 1 aromatic carbocycles. The Kier molecular flexibility index (Phi) is 3.06. The predicted octanol–water partition coefficient (Wildman–Crippen LogP) is 1.58. The Morgan fingerprint density at radius 3 is 2.88 bits per heavy atom. The summed E-state index contributed by atoms with van der Waals surface area (Å²) in [6.45, 7) is 1.91. The maximum absolute atomic E-state index is 10.9. The number of carboxylic acid groups (broad SMARTS) is 1. The highest BCUT2D eigenvalue weighted by Gasteiger charge is 2.11. The molecule has 0 aliphatic rings. The molecule has 0 saturated carbocycles. The molecule has 1 N–H and O–H groups in total. The zero-order valence-electron chi connectivity index (χ0n) is 8.96. The quantitative estimate of drug-likeness (QED) is 0.897. The summed E-state index contributed by atoms with van der Waals surface area (Å²) in [7, 11) is 0. The number of rotatable bonds is 3. The molecular weight excluding hydrogens is 244 g/mol. The third kappa shape index (κ3) is 2.26. The minimum atomic E-state index is -1.04. The van der Waals surface area contributed by atoms with Gasteiger partial charge in [-0.2, -0.15) is 4.68 Å². The Labute approximate surface area is 102 Å². The van der Waals surface area contributed by atoms with E-state index >= 15 is 0 Å². The van der Waals surface area contributed by atoms with Crippen molar-refractivity contribution in [2.75, 3.05) is 0 Å². The molecule has 0 saturated heterocycles. The maximum atomic E-state index is 10.9. The predicted molar refractivity (Wildman–Crippen MR) is 60.5 cm³/mol. The molecule has 0 aliphatic heterocycles. The van der Waals surface area contributed by atoms with Crippen molar-refractivity contribution >= 4 is 17.6 Å². The Balaban J connectivity index is 2.56. The number of hydrogen-bond donors (Lipinski definition) is 1. The Morgan fingerprint density at radius 2 is 2.24 bits per heavy atom. The van der Waals surface area contributed by atoms with E-state index in [1.165, 1.54) is 16.8 Å². The molecule has 0 unspecified atom stereocenters. The minimum Gasteiger partial charge on any atom is -0.478 e. The first-order valence-electron chi connectivity index (χ1n) is 4.93. The number of hydrogen-bond acceptors (Lipinski definition) is 4. The van der Waals surface area contributed by atoms with Crippen LogP contribution in [0.3, 0.4) is 0 Å². The van der Waals surface area contributed by atoms with Crippen LogP contribution in [-0.4, -0.2) is 31.3 Å². The van der Waals surface area contributed by atoms with Crippen LogP contribution in [-0.2, 0) is 6.42 Å². The molecule has 0 atom stereocenters. The molecule has 0 fully saturated rings. The van der Waals surface area contributed by atoms with Crippen molar-refractivity contribution in [1.29, 1.82) is 0 Å². The molecule has 2 rings (SSSR count). The summed E-state index contributed by atoms with van der Waals surface area (Å²) in [5.74, 6) is -0.400. The van der Waals surface area contributed by atoms with Crippen LogP contribution >= 0.6 is 11.6 Å². The van der Waals surface area contributed by atoms with Crippen molar-refractivity contribution < 1.29 is 9.90 Å². The first kappa shape index (κ1) is 11.5. The number of aromatic carboxylic acids is 1. The fraction of sp³-hybridized carbons (Fsp3) is 0.200. The van der Waals surface area contributed by atoms with Gasteiger partial charge in [0.15, 0.2) is 5.82 Å². The fourth-order valence-electron chi connectivity index (χ4n) is 1.45. The Bertz CT molecular complexity index is 567. The van der Waals surface area contributed by atoms with Crippen molar-refractivity contribution in [3.8, 4) is 5.69 Å². The summed E-state index contributed by atoms with van der Waals surface area (Å²) >= 11 is 5.86. The van der Waals surface area contributed by atoms with Gasteiger partial charge in [0.1, 0.15) is 0 Å². The van der Waals surface area contributed by atoms with Gasteiger partial charge in [0.05, 0.1) is 11.3 Å². The molecule has 7 heteroatoms. The second-order valence-corrected chi connectivity index (χ2v) is 3.80. The molecule has 6 nitrogen and oxygen atoms in total. The van der Waals surface area contributed by atoms with Gasteiger partial charge in [0.2, 0.25) is 0 Å². The summed E-state index contributed by atoms with van der Waals surface area (Å²) in [5, 5.41) is 20.4. The van der Waals surface area contributed by atoms with E-state index in [4.69, 9.17) is 16.7 Å². The topological polar surface area (TPSA) is 80.9 Å². The zero-order valence-corrected chi connectivity index (χ0v) is 9.72. The van der Waals surface area contributed by atoms with Crippen LogP contribution < -0.4 is 0 Å². The number of halogens is 1. The first-order chi connectivity index (χ1) is 8.11. The maximum Gasteiger partial charge on any atom is 0.335 e. The highest BCUT2D eigenvalue weighted by Crippen LogP contribution is 2.18. The van der Waals surface area contributed by atoms with Crippen molar-refractivity contribution in [3.63, 3.8) is 0 Å². The van der Waals surface area contributed by atoms with Crippen molar-refractivity contribution in [2.45, 2.75) is 13.3 Å². The molecule has 88 valence electrons. The van der Waals surface area contributed by atoms with E-state index in [0.29, 0.717) is 23.0 Å². The molecule has 1 aromatic heterocycles. The van der Waals surface area contributed by atoms with E-state index in [-0.39, 0.29) is 5.56 Å². The molecule has 0 radical (unpaired) electrons. The zero-order chi connectivity index (χ0) is 12.4. The lowest BCUT2D eigenvalue weighted by atomic mass is 10.2. The van der Waals surface area contributed by atoms with Gasteiger partial charge in [-0.3, -0.25) is 0 Å². The van der Waals surface area contributed by atoms with E-state index in [1.54, 1.807) is 6.07 Å². The third-order valence-electron chi connectivity index (χ3n) is 2.22. The van der Waals surface area contributed by atoms with E-state index in [2.05, 4.69) is 15.5 Å². The smallest absolute Gasteiger partial charge is 0.335 e. The fourth-order valence-corrected chi connectivity index (χ4v) is 1.68. The average molecular weight is 253 g/mol. The number of carbonyl (C=O) groups is 1. The summed E-state index contributed by atoms with van der Waals surface area (Å²) in [5.41, 5.74) is 0.641. The van der Waals surface area contributed by atoms with Crippen LogP contribution in [0, 0.1) is 0 Å². The van der Waals surface area contributed by atoms with E-state index in [0.717, 1.165) is 0 Å². The Hall–Kier alpha value is -1.95. The third-order valence-corrected chi connectivity index (χ3v) is 2.44.